The van der Waals surface area contributed by atoms with Crippen LogP contribution in [-0.4, -0.2) is 25.2 Å². The smallest absolute Gasteiger partial charge is 0.129 e. The van der Waals surface area contributed by atoms with E-state index in [4.69, 9.17) is 10.5 Å². The summed E-state index contributed by atoms with van der Waals surface area (Å²) in [5, 5.41) is 3.33. The predicted octanol–water partition coefficient (Wildman–Crippen LogP) is 2.12. The fourth-order valence-electron chi connectivity index (χ4n) is 2.41. The summed E-state index contributed by atoms with van der Waals surface area (Å²) in [5.74, 6) is -0.944. The molecular formula is C14H20F2N2O. The first-order valence-electron chi connectivity index (χ1n) is 6.67. The van der Waals surface area contributed by atoms with Crippen molar-refractivity contribution in [1.82, 2.24) is 5.32 Å². The van der Waals surface area contributed by atoms with Gasteiger partial charge in [-0.2, -0.15) is 0 Å². The maximum atomic E-state index is 13.7. The average molecular weight is 270 g/mol. The molecule has 2 rings (SSSR count). The van der Waals surface area contributed by atoms with Crippen molar-refractivity contribution >= 4 is 0 Å². The summed E-state index contributed by atoms with van der Waals surface area (Å²) in [5.41, 5.74) is 6.25. The van der Waals surface area contributed by atoms with Crippen LogP contribution < -0.4 is 11.1 Å². The van der Waals surface area contributed by atoms with Crippen molar-refractivity contribution < 1.29 is 13.5 Å². The molecule has 5 heteroatoms. The van der Waals surface area contributed by atoms with E-state index < -0.39 is 17.7 Å². The first kappa shape index (κ1) is 14.4. The number of hydrogen-bond acceptors (Lipinski definition) is 3. The van der Waals surface area contributed by atoms with Gasteiger partial charge in [0.1, 0.15) is 17.7 Å². The molecule has 1 aromatic rings. The van der Waals surface area contributed by atoms with E-state index >= 15 is 0 Å². The Kier molecular flexibility index (Phi) is 4.85. The van der Waals surface area contributed by atoms with Crippen LogP contribution in [0.15, 0.2) is 18.2 Å². The minimum Gasteiger partial charge on any atom is -0.370 e. The molecule has 19 heavy (non-hydrogen) atoms. The number of nitrogens with one attached hydrogen (secondary N) is 1. The molecule has 1 fully saturated rings. The average Bonchev–Trinajstić information content (AvgIpc) is 2.40. The number of rotatable bonds is 4. The van der Waals surface area contributed by atoms with Gasteiger partial charge in [-0.05, 0) is 37.6 Å². The number of ether oxygens (including phenoxy) is 1. The lowest BCUT2D eigenvalue weighted by Crippen LogP contribution is -2.47. The van der Waals surface area contributed by atoms with Crippen LogP contribution in [0.2, 0.25) is 0 Å². The molecule has 0 bridgehead atoms. The highest BCUT2D eigenvalue weighted by molar-refractivity contribution is 5.23. The summed E-state index contributed by atoms with van der Waals surface area (Å²) in [4.78, 5) is 0. The van der Waals surface area contributed by atoms with Crippen LogP contribution in [0, 0.1) is 11.6 Å². The van der Waals surface area contributed by atoms with E-state index in [2.05, 4.69) is 12.2 Å². The second kappa shape index (κ2) is 6.41. The molecule has 106 valence electrons. The summed E-state index contributed by atoms with van der Waals surface area (Å²) >= 11 is 0. The van der Waals surface area contributed by atoms with Crippen molar-refractivity contribution in [3.05, 3.63) is 35.4 Å². The van der Waals surface area contributed by atoms with Crippen molar-refractivity contribution in [2.45, 2.75) is 38.0 Å². The molecule has 1 saturated heterocycles. The van der Waals surface area contributed by atoms with Crippen LogP contribution in [0.4, 0.5) is 8.78 Å². The molecule has 3 nitrogen and oxygen atoms in total. The summed E-state index contributed by atoms with van der Waals surface area (Å²) in [7, 11) is 0. The monoisotopic (exact) mass is 270 g/mol. The summed E-state index contributed by atoms with van der Waals surface area (Å²) in [6, 6.07) is 3.22. The van der Waals surface area contributed by atoms with Gasteiger partial charge in [-0.15, -0.1) is 0 Å². The van der Waals surface area contributed by atoms with Crippen molar-refractivity contribution in [2.75, 3.05) is 13.2 Å². The highest BCUT2D eigenvalue weighted by Gasteiger charge is 2.31. The van der Waals surface area contributed by atoms with Crippen LogP contribution in [0.3, 0.4) is 0 Å². The molecule has 1 aliphatic heterocycles. The van der Waals surface area contributed by atoms with E-state index in [1.807, 2.05) is 0 Å². The molecule has 0 aliphatic carbocycles. The maximum Gasteiger partial charge on any atom is 0.129 e. The Morgan fingerprint density at radius 2 is 2.21 bits per heavy atom. The molecule has 3 atom stereocenters. The van der Waals surface area contributed by atoms with Gasteiger partial charge in [0.05, 0.1) is 6.61 Å². The Hall–Kier alpha value is -1.04. The lowest BCUT2D eigenvalue weighted by molar-refractivity contribution is -0.0200. The van der Waals surface area contributed by atoms with Crippen molar-refractivity contribution in [2.24, 2.45) is 5.73 Å². The van der Waals surface area contributed by atoms with E-state index in [9.17, 15) is 8.78 Å². The third-order valence-corrected chi connectivity index (χ3v) is 3.37. The molecule has 0 radical (unpaired) electrons. The largest absolute Gasteiger partial charge is 0.370 e. The first-order chi connectivity index (χ1) is 9.11. The van der Waals surface area contributed by atoms with Gasteiger partial charge < -0.3 is 15.8 Å². The van der Waals surface area contributed by atoms with Gasteiger partial charge >= 0.3 is 0 Å². The van der Waals surface area contributed by atoms with Crippen molar-refractivity contribution in [3.8, 4) is 0 Å². The highest BCUT2D eigenvalue weighted by Crippen LogP contribution is 2.29. The van der Waals surface area contributed by atoms with Gasteiger partial charge in [0, 0.05) is 17.6 Å². The molecular weight excluding hydrogens is 250 g/mol. The molecule has 0 amide bonds. The Morgan fingerprint density at radius 1 is 1.42 bits per heavy atom. The lowest BCUT2D eigenvalue weighted by Gasteiger charge is -2.35. The molecule has 0 saturated carbocycles. The van der Waals surface area contributed by atoms with Gasteiger partial charge in [-0.1, -0.05) is 6.92 Å². The number of benzene rings is 1. The zero-order valence-electron chi connectivity index (χ0n) is 11.0. The van der Waals surface area contributed by atoms with Gasteiger partial charge in [0.15, 0.2) is 0 Å². The standard InChI is InChI=1S/C14H20F2N2O/c1-2-5-18-10-7-13(17)14(19-8-10)11-6-9(15)3-4-12(11)16/h3-4,6,10,13-14,18H,2,5,7-8,17H2,1H3/t10?,13?,14-/m1/s1. The number of hydrogen-bond donors (Lipinski definition) is 2. The van der Waals surface area contributed by atoms with E-state index in [1.165, 1.54) is 6.07 Å². The van der Waals surface area contributed by atoms with Crippen LogP contribution >= 0.6 is 0 Å². The SMILES string of the molecule is CCCNC1CO[C@H](c2cc(F)ccc2F)C(N)C1. The Morgan fingerprint density at radius 3 is 2.89 bits per heavy atom. The Balaban J connectivity index is 2.05. The second-order valence-electron chi connectivity index (χ2n) is 4.97. The highest BCUT2D eigenvalue weighted by atomic mass is 19.1. The van der Waals surface area contributed by atoms with E-state index in [-0.39, 0.29) is 17.6 Å². The fourth-order valence-corrected chi connectivity index (χ4v) is 2.41. The summed E-state index contributed by atoms with van der Waals surface area (Å²) in [6.45, 7) is 3.45. The van der Waals surface area contributed by atoms with Crippen molar-refractivity contribution in [1.29, 1.82) is 0 Å². The summed E-state index contributed by atoms with van der Waals surface area (Å²) < 4.78 is 32.5. The number of halogens is 2. The third-order valence-electron chi connectivity index (χ3n) is 3.37. The molecule has 1 aromatic carbocycles. The van der Waals surface area contributed by atoms with Gasteiger partial charge in [-0.3, -0.25) is 0 Å². The Bertz CT molecular complexity index is 428. The first-order valence-corrected chi connectivity index (χ1v) is 6.67. The predicted molar refractivity (Wildman–Crippen MR) is 69.7 cm³/mol. The molecule has 0 aromatic heterocycles. The van der Waals surface area contributed by atoms with Gasteiger partial charge in [-0.25, -0.2) is 8.78 Å². The molecule has 1 heterocycles. The maximum absolute atomic E-state index is 13.7. The zero-order valence-corrected chi connectivity index (χ0v) is 11.0. The molecule has 2 unspecified atom stereocenters. The van der Waals surface area contributed by atoms with E-state index in [1.54, 1.807) is 0 Å². The van der Waals surface area contributed by atoms with E-state index in [0.29, 0.717) is 13.0 Å². The Labute approximate surface area is 112 Å². The lowest BCUT2D eigenvalue weighted by atomic mass is 9.94. The third kappa shape index (κ3) is 3.49. The quantitative estimate of drug-likeness (QED) is 0.881. The molecule has 0 spiro atoms. The van der Waals surface area contributed by atoms with Crippen LogP contribution in [0.1, 0.15) is 31.4 Å². The second-order valence-corrected chi connectivity index (χ2v) is 4.97. The van der Waals surface area contributed by atoms with Crippen LogP contribution in [-0.2, 0) is 4.74 Å². The molecule has 3 N–H and O–H groups in total. The summed E-state index contributed by atoms with van der Waals surface area (Å²) in [6.07, 6.45) is 1.16. The van der Waals surface area contributed by atoms with E-state index in [0.717, 1.165) is 25.1 Å². The number of nitrogens with two attached hydrogens (primary N) is 1. The van der Waals surface area contributed by atoms with Gasteiger partial charge in [0.25, 0.3) is 0 Å². The minimum atomic E-state index is -0.574. The minimum absolute atomic E-state index is 0.183. The van der Waals surface area contributed by atoms with Crippen molar-refractivity contribution in [3.63, 3.8) is 0 Å². The van der Waals surface area contributed by atoms with Crippen LogP contribution in [0.25, 0.3) is 0 Å². The van der Waals surface area contributed by atoms with Gasteiger partial charge in [0.2, 0.25) is 0 Å². The topological polar surface area (TPSA) is 47.3 Å². The van der Waals surface area contributed by atoms with Crippen LogP contribution in [0.5, 0.6) is 0 Å². The molecule has 1 aliphatic rings. The zero-order chi connectivity index (χ0) is 13.8. The fraction of sp³-hybridized carbons (Fsp3) is 0.571. The normalized spacial score (nSPS) is 27.5.